The minimum Gasteiger partial charge on any atom is -0.508 e. The zero-order chi connectivity index (χ0) is 69.8. The standard InChI is InChI=1S/C46H46B2O9.C20H12O5.C13H18BBrO2/c1-42(2)43(3,4)55-47(54-42)31-17-13-29(14-18-31)27-50-33-21-23-37-39(25-33)52-40-26-34(22-24-38(40)46(37)36-12-10-9-11-35(36)41(49)53-46)51-28-30-15-19-32(20-16-30)48-56-44(5,6)45(7,8)57-48;21-11-5-7-15-17(9-11)24-18-10-12(22)6-8-16(18)20(15)14-4-2-1-3-13(14)19(23)25-20;1-12(2)13(3,4)17-14(16-12)11-7-5-10(9-15)6-8-11/h9-26H,27-28H2,1-8H3;1-10,21-22H;5-8H,9H2,1-4H3. The lowest BCUT2D eigenvalue weighted by atomic mass is 9.77. The maximum atomic E-state index is 13.4. The summed E-state index contributed by atoms with van der Waals surface area (Å²) in [5.74, 6) is 2.28. The molecule has 16 rings (SSSR count). The predicted molar refractivity (Wildman–Crippen MR) is 380 cm³/mol. The zero-order valence-corrected chi connectivity index (χ0v) is 58.9. The SMILES string of the molecule is CC1(C)OB(c2ccc(CBr)cc2)OC1(C)C.CC1(C)OB(c2ccc(COc3ccc4c(c3)Oc3cc(OCc5ccc(B6OC(C)(C)C(C)(C)O6)cc5)ccc3C43OC(=O)c4ccccc43)cc2)OC1(C)C.O=C1OC2(c3ccc(O)cc3Oc3cc(O)ccc32)c2ccccc21. The average Bonchev–Trinajstić information content (AvgIpc) is 1.64. The molecule has 0 aromatic heterocycles. The molecule has 0 atom stereocenters. The van der Waals surface area contributed by atoms with Gasteiger partial charge in [0.25, 0.3) is 0 Å². The highest BCUT2D eigenvalue weighted by molar-refractivity contribution is 9.08. The van der Waals surface area contributed by atoms with Crippen LogP contribution in [0.2, 0.25) is 0 Å². The van der Waals surface area contributed by atoms with Gasteiger partial charge in [-0.2, -0.15) is 0 Å². The number of benzene rings is 9. The number of aromatic hydroxyl groups is 2. The molecular weight excluding hydrogens is 1320 g/mol. The van der Waals surface area contributed by atoms with E-state index in [0.717, 1.165) is 38.4 Å². The Labute approximate surface area is 586 Å². The van der Waals surface area contributed by atoms with Crippen LogP contribution in [0.25, 0.3) is 0 Å². The van der Waals surface area contributed by atoms with Crippen molar-refractivity contribution >= 4 is 65.6 Å². The van der Waals surface area contributed by atoms with Crippen LogP contribution in [0.4, 0.5) is 0 Å². The second kappa shape index (κ2) is 24.8. The van der Waals surface area contributed by atoms with E-state index >= 15 is 0 Å². The fourth-order valence-corrected chi connectivity index (χ4v) is 13.4. The highest BCUT2D eigenvalue weighted by Gasteiger charge is 2.57. The van der Waals surface area contributed by atoms with Gasteiger partial charge in [0.1, 0.15) is 59.2 Å². The Morgan fingerprint density at radius 1 is 0.354 bits per heavy atom. The number of ether oxygens (including phenoxy) is 6. The number of hydrogen-bond donors (Lipinski definition) is 2. The molecule has 7 aliphatic heterocycles. The lowest BCUT2D eigenvalue weighted by Gasteiger charge is -2.36. The summed E-state index contributed by atoms with van der Waals surface area (Å²) in [5.41, 5.74) is 6.79. The van der Waals surface area contributed by atoms with Crippen LogP contribution >= 0.6 is 15.9 Å². The molecule has 2 N–H and O–H groups in total. The molecule has 0 aliphatic carbocycles. The van der Waals surface area contributed by atoms with Crippen LogP contribution in [0.1, 0.15) is 154 Å². The Hall–Kier alpha value is -8.85. The Morgan fingerprint density at radius 3 is 0.970 bits per heavy atom. The number of halogens is 1. The molecule has 3 fully saturated rings. The van der Waals surface area contributed by atoms with E-state index in [1.165, 1.54) is 29.8 Å². The number of carbonyl (C=O) groups excluding carboxylic acids is 2. The molecule has 0 saturated carbocycles. The molecule has 0 unspecified atom stereocenters. The van der Waals surface area contributed by atoms with Crippen molar-refractivity contribution in [1.29, 1.82) is 0 Å². The first-order chi connectivity index (χ1) is 47.0. The second-order valence-electron chi connectivity index (χ2n) is 28.8. The highest BCUT2D eigenvalue weighted by Crippen LogP contribution is 2.59. The molecule has 7 aliphatic rings. The molecule has 99 heavy (non-hydrogen) atoms. The second-order valence-corrected chi connectivity index (χ2v) is 29.4. The van der Waals surface area contributed by atoms with Crippen LogP contribution in [0.15, 0.2) is 194 Å². The lowest BCUT2D eigenvalue weighted by Crippen LogP contribution is -2.41. The smallest absolute Gasteiger partial charge is 0.494 e. The summed E-state index contributed by atoms with van der Waals surface area (Å²) in [7, 11) is -1.12. The fourth-order valence-electron chi connectivity index (χ4n) is 13.0. The molecule has 9 aromatic rings. The highest BCUT2D eigenvalue weighted by atomic mass is 79.9. The van der Waals surface area contributed by atoms with Crippen molar-refractivity contribution in [3.05, 3.63) is 255 Å². The van der Waals surface area contributed by atoms with E-state index in [1.54, 1.807) is 30.3 Å². The first-order valence-corrected chi connectivity index (χ1v) is 34.2. The van der Waals surface area contributed by atoms with Crippen LogP contribution in [-0.2, 0) is 67.1 Å². The summed E-state index contributed by atoms with van der Waals surface area (Å²) >= 11 is 3.44. The number of alkyl halides is 1. The number of phenolic OH excluding ortho intramolecular Hbond substituents is 2. The quantitative estimate of drug-likeness (QED) is 0.0748. The molecule has 3 saturated heterocycles. The largest absolute Gasteiger partial charge is 0.508 e. The van der Waals surface area contributed by atoms with Gasteiger partial charge in [-0.3, -0.25) is 0 Å². The van der Waals surface area contributed by atoms with E-state index in [-0.39, 0.29) is 29.8 Å². The number of esters is 2. The number of carbonyl (C=O) groups is 2. The molecule has 0 radical (unpaired) electrons. The summed E-state index contributed by atoms with van der Waals surface area (Å²) in [6, 6.07) is 59.9. The Bertz CT molecular complexity index is 4400. The molecule has 504 valence electrons. The van der Waals surface area contributed by atoms with E-state index in [9.17, 15) is 19.8 Å². The van der Waals surface area contributed by atoms with E-state index < -0.39 is 59.8 Å². The molecule has 0 amide bonds. The molecule has 2 spiro atoms. The zero-order valence-electron chi connectivity index (χ0n) is 57.3. The number of fused-ring (bicyclic) bond motifs is 12. The molecule has 16 nitrogen and oxygen atoms in total. The van der Waals surface area contributed by atoms with E-state index in [0.29, 0.717) is 86.7 Å². The molecule has 0 bridgehead atoms. The number of rotatable bonds is 10. The van der Waals surface area contributed by atoms with Crippen LogP contribution in [-0.4, -0.2) is 77.1 Å². The van der Waals surface area contributed by atoms with Crippen molar-refractivity contribution in [1.82, 2.24) is 0 Å². The molecule has 9 aromatic carbocycles. The summed E-state index contributed by atoms with van der Waals surface area (Å²) in [5, 5.41) is 20.5. The van der Waals surface area contributed by atoms with E-state index in [2.05, 4.69) is 67.9 Å². The van der Waals surface area contributed by atoms with Crippen molar-refractivity contribution in [3.63, 3.8) is 0 Å². The van der Waals surface area contributed by atoms with Crippen molar-refractivity contribution in [2.24, 2.45) is 0 Å². The van der Waals surface area contributed by atoms with E-state index in [4.69, 9.17) is 56.3 Å². The molecular formula is C79H76B3BrO16. The summed E-state index contributed by atoms with van der Waals surface area (Å²) in [6.07, 6.45) is 0. The monoisotopic (exact) mass is 1390 g/mol. The lowest BCUT2D eigenvalue weighted by molar-refractivity contribution is 0.00578. The Balaban J connectivity index is 0.000000161. The van der Waals surface area contributed by atoms with Gasteiger partial charge in [0.2, 0.25) is 0 Å². The van der Waals surface area contributed by atoms with Crippen molar-refractivity contribution in [2.75, 3.05) is 0 Å². The van der Waals surface area contributed by atoms with Crippen molar-refractivity contribution in [3.8, 4) is 46.0 Å². The molecule has 20 heteroatoms. The van der Waals surface area contributed by atoms with Gasteiger partial charge in [-0.1, -0.05) is 125 Å². The van der Waals surface area contributed by atoms with Gasteiger partial charge in [0, 0.05) is 63.0 Å². The van der Waals surface area contributed by atoms with Gasteiger partial charge in [-0.05, 0) is 177 Å². The third-order valence-electron chi connectivity index (χ3n) is 20.8. The first-order valence-electron chi connectivity index (χ1n) is 33.1. The Morgan fingerprint density at radius 2 is 0.646 bits per heavy atom. The maximum absolute atomic E-state index is 13.4. The first kappa shape index (κ1) is 67.3. The predicted octanol–water partition coefficient (Wildman–Crippen LogP) is 14.6. The van der Waals surface area contributed by atoms with Gasteiger partial charge in [-0.25, -0.2) is 9.59 Å². The minimum atomic E-state index is -1.21. The fraction of sp³-hybridized carbons (Fsp3) is 0.291. The normalized spacial score (nSPS) is 19.3. The average molecular weight is 1390 g/mol. The van der Waals surface area contributed by atoms with Crippen molar-refractivity contribution < 1.29 is 76.1 Å². The van der Waals surface area contributed by atoms with Gasteiger partial charge in [0.05, 0.1) is 44.7 Å². The number of hydrogen-bond acceptors (Lipinski definition) is 16. The van der Waals surface area contributed by atoms with Crippen LogP contribution in [0.3, 0.4) is 0 Å². The Kier molecular flexibility index (Phi) is 16.9. The summed E-state index contributed by atoms with van der Waals surface area (Å²) in [6.45, 7) is 25.3. The van der Waals surface area contributed by atoms with Crippen molar-refractivity contribution in [2.45, 2.75) is 146 Å². The van der Waals surface area contributed by atoms with Crippen LogP contribution < -0.4 is 35.3 Å². The maximum Gasteiger partial charge on any atom is 0.494 e. The summed E-state index contributed by atoms with van der Waals surface area (Å²) in [4.78, 5) is 25.9. The van der Waals surface area contributed by atoms with Gasteiger partial charge < -0.3 is 66.6 Å². The molecule has 7 heterocycles. The van der Waals surface area contributed by atoms with Gasteiger partial charge >= 0.3 is 33.3 Å². The third-order valence-corrected chi connectivity index (χ3v) is 21.5. The topological polar surface area (TPSA) is 185 Å². The van der Waals surface area contributed by atoms with Crippen LogP contribution in [0, 0.1) is 0 Å². The van der Waals surface area contributed by atoms with Crippen LogP contribution in [0.5, 0.6) is 46.0 Å². The number of phenols is 2. The summed E-state index contributed by atoms with van der Waals surface area (Å²) < 4.78 is 74.2. The third kappa shape index (κ3) is 11.9. The van der Waals surface area contributed by atoms with Gasteiger partial charge in [-0.15, -0.1) is 0 Å². The minimum absolute atomic E-state index is 0.0371. The van der Waals surface area contributed by atoms with E-state index in [1.807, 2.05) is 171 Å². The van der Waals surface area contributed by atoms with Gasteiger partial charge in [0.15, 0.2) is 11.2 Å².